The number of methoxy groups -OCH3 is 1. The van der Waals surface area contributed by atoms with Gasteiger partial charge in [0, 0.05) is 51.0 Å². The maximum atomic E-state index is 12.9. The molecule has 3 atom stereocenters. The Bertz CT molecular complexity index is 606. The van der Waals surface area contributed by atoms with Crippen molar-refractivity contribution in [2.24, 2.45) is 0 Å². The highest BCUT2D eigenvalue weighted by Crippen LogP contribution is 2.23. The number of hydrogen-bond acceptors (Lipinski definition) is 5. The van der Waals surface area contributed by atoms with Crippen molar-refractivity contribution in [1.29, 1.82) is 0 Å². The van der Waals surface area contributed by atoms with Crippen LogP contribution in [0.1, 0.15) is 20.8 Å². The molecule has 0 radical (unpaired) electrons. The average Bonchev–Trinajstić information content (AvgIpc) is 2.66. The fourth-order valence-electron chi connectivity index (χ4n) is 3.95. The summed E-state index contributed by atoms with van der Waals surface area (Å²) in [5, 5.41) is 0. The van der Waals surface area contributed by atoms with Crippen LogP contribution in [0.15, 0.2) is 24.3 Å². The summed E-state index contributed by atoms with van der Waals surface area (Å²) in [4.78, 5) is 19.5. The Morgan fingerprint density at radius 2 is 1.81 bits per heavy atom. The van der Waals surface area contributed by atoms with Crippen molar-refractivity contribution in [1.82, 2.24) is 9.80 Å². The minimum atomic E-state index is -0.0834. The van der Waals surface area contributed by atoms with Gasteiger partial charge in [0.25, 0.3) is 0 Å². The summed E-state index contributed by atoms with van der Waals surface area (Å²) in [5.41, 5.74) is 1.18. The number of morpholine rings is 1. The van der Waals surface area contributed by atoms with Crippen LogP contribution in [0.25, 0.3) is 0 Å². The third-order valence-electron chi connectivity index (χ3n) is 5.37. The van der Waals surface area contributed by atoms with E-state index in [0.29, 0.717) is 13.1 Å². The molecule has 0 bridgehead atoms. The van der Waals surface area contributed by atoms with Gasteiger partial charge in [0.1, 0.15) is 5.75 Å². The molecule has 0 spiro atoms. The zero-order valence-electron chi connectivity index (χ0n) is 16.4. The predicted molar refractivity (Wildman–Crippen MR) is 103 cm³/mol. The highest BCUT2D eigenvalue weighted by Gasteiger charge is 2.32. The van der Waals surface area contributed by atoms with Gasteiger partial charge in [-0.3, -0.25) is 9.69 Å². The van der Waals surface area contributed by atoms with Gasteiger partial charge in [-0.25, -0.2) is 0 Å². The first-order valence-corrected chi connectivity index (χ1v) is 9.55. The zero-order valence-corrected chi connectivity index (χ0v) is 16.4. The second-order valence-corrected chi connectivity index (χ2v) is 7.40. The Kier molecular flexibility index (Phi) is 6.04. The van der Waals surface area contributed by atoms with Crippen molar-refractivity contribution in [2.75, 3.05) is 51.3 Å². The SMILES string of the molecule is COc1cccc(N2CCN([C@H](C)C(=O)N3C[C@@H](C)O[C@@H](C)C3)CC2)c1. The van der Waals surface area contributed by atoms with Gasteiger partial charge >= 0.3 is 0 Å². The van der Waals surface area contributed by atoms with Gasteiger partial charge in [-0.2, -0.15) is 0 Å². The van der Waals surface area contributed by atoms with Gasteiger partial charge in [-0.15, -0.1) is 0 Å². The summed E-state index contributed by atoms with van der Waals surface area (Å²) in [6, 6.07) is 8.09. The summed E-state index contributed by atoms with van der Waals surface area (Å²) in [7, 11) is 1.69. The standard InChI is InChI=1S/C20H31N3O3/c1-15-13-23(14-16(2)26-15)20(24)17(3)21-8-10-22(11-9-21)18-6-5-7-19(12-18)25-4/h5-7,12,15-17H,8-11,13-14H2,1-4H3/t15-,16+,17-/m1/s1. The molecule has 2 fully saturated rings. The van der Waals surface area contributed by atoms with Crippen molar-refractivity contribution in [2.45, 2.75) is 39.0 Å². The summed E-state index contributed by atoms with van der Waals surface area (Å²) >= 11 is 0. The van der Waals surface area contributed by atoms with E-state index in [9.17, 15) is 4.79 Å². The van der Waals surface area contributed by atoms with Crippen LogP contribution in [0, 0.1) is 0 Å². The molecule has 2 heterocycles. The second kappa shape index (κ2) is 8.27. The van der Waals surface area contributed by atoms with Gasteiger partial charge in [-0.1, -0.05) is 6.07 Å². The Hall–Kier alpha value is -1.79. The summed E-state index contributed by atoms with van der Waals surface area (Å²) in [6.07, 6.45) is 0.222. The van der Waals surface area contributed by atoms with Crippen molar-refractivity contribution in [3.63, 3.8) is 0 Å². The number of benzene rings is 1. The molecule has 6 nitrogen and oxygen atoms in total. The number of nitrogens with zero attached hydrogens (tertiary/aromatic N) is 3. The molecule has 0 aliphatic carbocycles. The third kappa shape index (κ3) is 4.30. The van der Waals surface area contributed by atoms with Crippen LogP contribution >= 0.6 is 0 Å². The molecule has 0 N–H and O–H groups in total. The van der Waals surface area contributed by atoms with Crippen molar-refractivity contribution < 1.29 is 14.3 Å². The highest BCUT2D eigenvalue weighted by atomic mass is 16.5. The number of rotatable bonds is 4. The van der Waals surface area contributed by atoms with Gasteiger partial charge in [0.05, 0.1) is 25.4 Å². The van der Waals surface area contributed by atoms with Crippen LogP contribution in [0.3, 0.4) is 0 Å². The molecule has 1 aromatic carbocycles. The van der Waals surface area contributed by atoms with E-state index in [2.05, 4.69) is 21.9 Å². The van der Waals surface area contributed by atoms with Crippen LogP contribution in [0.4, 0.5) is 5.69 Å². The predicted octanol–water partition coefficient (Wildman–Crippen LogP) is 1.84. The molecule has 144 valence electrons. The van der Waals surface area contributed by atoms with Gasteiger partial charge in [0.2, 0.25) is 5.91 Å². The number of carbonyl (C=O) groups is 1. The quantitative estimate of drug-likeness (QED) is 0.819. The number of hydrogen-bond donors (Lipinski definition) is 0. The first-order chi connectivity index (χ1) is 12.5. The van der Waals surface area contributed by atoms with Crippen molar-refractivity contribution >= 4 is 11.6 Å². The van der Waals surface area contributed by atoms with E-state index in [-0.39, 0.29) is 24.2 Å². The fourth-order valence-corrected chi connectivity index (χ4v) is 3.95. The van der Waals surface area contributed by atoms with Crippen LogP contribution < -0.4 is 9.64 Å². The summed E-state index contributed by atoms with van der Waals surface area (Å²) < 4.78 is 11.1. The van der Waals surface area contributed by atoms with E-state index in [1.807, 2.05) is 37.8 Å². The van der Waals surface area contributed by atoms with Gasteiger partial charge in [-0.05, 0) is 32.9 Å². The lowest BCUT2D eigenvalue weighted by Gasteiger charge is -2.42. The maximum Gasteiger partial charge on any atom is 0.239 e. The fraction of sp³-hybridized carbons (Fsp3) is 0.650. The molecule has 3 rings (SSSR count). The maximum absolute atomic E-state index is 12.9. The molecule has 2 aliphatic rings. The van der Waals surface area contributed by atoms with Crippen LogP contribution in [0.5, 0.6) is 5.75 Å². The van der Waals surface area contributed by atoms with Gasteiger partial charge < -0.3 is 19.3 Å². The topological polar surface area (TPSA) is 45.2 Å². The number of anilines is 1. The lowest BCUT2D eigenvalue weighted by atomic mass is 10.1. The second-order valence-electron chi connectivity index (χ2n) is 7.40. The Morgan fingerprint density at radius 1 is 1.15 bits per heavy atom. The minimum absolute atomic E-state index is 0.0834. The van der Waals surface area contributed by atoms with Crippen molar-refractivity contribution in [3.8, 4) is 5.75 Å². The first kappa shape index (κ1) is 19.0. The first-order valence-electron chi connectivity index (χ1n) is 9.55. The Labute approximate surface area is 156 Å². The molecule has 6 heteroatoms. The van der Waals surface area contributed by atoms with Crippen molar-refractivity contribution in [3.05, 3.63) is 24.3 Å². The largest absolute Gasteiger partial charge is 0.497 e. The third-order valence-corrected chi connectivity index (χ3v) is 5.37. The normalized spacial score (nSPS) is 25.8. The molecule has 26 heavy (non-hydrogen) atoms. The lowest BCUT2D eigenvalue weighted by Crippen LogP contribution is -2.57. The Morgan fingerprint density at radius 3 is 2.42 bits per heavy atom. The van der Waals surface area contributed by atoms with Crippen LogP contribution in [-0.2, 0) is 9.53 Å². The number of carbonyl (C=O) groups excluding carboxylic acids is 1. The molecule has 0 aromatic heterocycles. The molecule has 0 saturated carbocycles. The molecular formula is C20H31N3O3. The molecule has 1 aromatic rings. The smallest absolute Gasteiger partial charge is 0.239 e. The molecule has 1 amide bonds. The number of amides is 1. The summed E-state index contributed by atoms with van der Waals surface area (Å²) in [6.45, 7) is 11.1. The summed E-state index contributed by atoms with van der Waals surface area (Å²) in [5.74, 6) is 1.10. The van der Waals surface area contributed by atoms with Crippen LogP contribution in [-0.4, -0.2) is 80.3 Å². The minimum Gasteiger partial charge on any atom is -0.497 e. The van der Waals surface area contributed by atoms with E-state index in [4.69, 9.17) is 9.47 Å². The number of ether oxygens (including phenoxy) is 2. The lowest BCUT2D eigenvalue weighted by molar-refractivity contribution is -0.148. The van der Waals surface area contributed by atoms with E-state index < -0.39 is 0 Å². The van der Waals surface area contributed by atoms with E-state index in [1.165, 1.54) is 5.69 Å². The molecule has 2 saturated heterocycles. The monoisotopic (exact) mass is 361 g/mol. The van der Waals surface area contributed by atoms with E-state index in [1.54, 1.807) is 7.11 Å². The molecule has 0 unspecified atom stereocenters. The number of piperazine rings is 1. The van der Waals surface area contributed by atoms with E-state index in [0.717, 1.165) is 31.9 Å². The van der Waals surface area contributed by atoms with E-state index >= 15 is 0 Å². The molecule has 2 aliphatic heterocycles. The Balaban J connectivity index is 1.56. The average molecular weight is 361 g/mol. The highest BCUT2D eigenvalue weighted by molar-refractivity contribution is 5.81. The molecular weight excluding hydrogens is 330 g/mol. The van der Waals surface area contributed by atoms with Crippen LogP contribution in [0.2, 0.25) is 0 Å². The zero-order chi connectivity index (χ0) is 18.7. The van der Waals surface area contributed by atoms with Gasteiger partial charge in [0.15, 0.2) is 0 Å².